The Kier molecular flexibility index (Phi) is 4.15. The summed E-state index contributed by atoms with van der Waals surface area (Å²) in [4.78, 5) is 4.72. The lowest BCUT2D eigenvalue weighted by atomic mass is 10.0. The standard InChI is InChI=1S/C15H19ClN2O/c1-5-11-9(3)14(17-6-2)13-10(16)7-8-12(19-4)15(13)18-11/h7-8H,5-6H2,1-4H3,(H,17,18). The minimum Gasteiger partial charge on any atom is -0.494 e. The van der Waals surface area contributed by atoms with Crippen molar-refractivity contribution in [2.75, 3.05) is 19.0 Å². The molecule has 0 saturated heterocycles. The van der Waals surface area contributed by atoms with Gasteiger partial charge in [-0.15, -0.1) is 0 Å². The summed E-state index contributed by atoms with van der Waals surface area (Å²) < 4.78 is 5.41. The van der Waals surface area contributed by atoms with Gasteiger partial charge in [0.25, 0.3) is 0 Å². The molecule has 0 amide bonds. The van der Waals surface area contributed by atoms with Gasteiger partial charge in [-0.05, 0) is 38.0 Å². The van der Waals surface area contributed by atoms with Crippen molar-refractivity contribution >= 4 is 28.2 Å². The number of halogens is 1. The SMILES string of the molecule is CCNc1c(C)c(CC)nc2c(OC)ccc(Cl)c12. The van der Waals surface area contributed by atoms with Crippen LogP contribution < -0.4 is 10.1 Å². The Labute approximate surface area is 118 Å². The van der Waals surface area contributed by atoms with E-state index in [1.165, 1.54) is 0 Å². The molecule has 3 nitrogen and oxygen atoms in total. The third-order valence-corrected chi connectivity index (χ3v) is 3.62. The molecule has 1 N–H and O–H groups in total. The Hall–Kier alpha value is -1.48. The van der Waals surface area contributed by atoms with Crippen LogP contribution in [0.1, 0.15) is 25.1 Å². The van der Waals surface area contributed by atoms with Crippen molar-refractivity contribution in [1.82, 2.24) is 4.98 Å². The van der Waals surface area contributed by atoms with Gasteiger partial charge in [-0.25, -0.2) is 4.98 Å². The number of rotatable bonds is 4. The van der Waals surface area contributed by atoms with Crippen LogP contribution in [0.3, 0.4) is 0 Å². The molecule has 0 aliphatic rings. The molecule has 1 heterocycles. The van der Waals surface area contributed by atoms with Crippen LogP contribution in [-0.4, -0.2) is 18.6 Å². The van der Waals surface area contributed by atoms with Crippen molar-refractivity contribution in [2.24, 2.45) is 0 Å². The number of methoxy groups -OCH3 is 1. The Bertz CT molecular complexity index is 611. The van der Waals surface area contributed by atoms with Crippen molar-refractivity contribution in [3.05, 3.63) is 28.4 Å². The van der Waals surface area contributed by atoms with E-state index in [0.717, 1.165) is 46.6 Å². The smallest absolute Gasteiger partial charge is 0.145 e. The summed E-state index contributed by atoms with van der Waals surface area (Å²) in [6.07, 6.45) is 0.885. The van der Waals surface area contributed by atoms with Gasteiger partial charge in [0.1, 0.15) is 11.3 Å². The molecule has 0 saturated carbocycles. The Morgan fingerprint density at radius 2 is 2.05 bits per heavy atom. The van der Waals surface area contributed by atoms with Crippen LogP contribution in [0.25, 0.3) is 10.9 Å². The molecule has 4 heteroatoms. The van der Waals surface area contributed by atoms with E-state index in [-0.39, 0.29) is 0 Å². The summed E-state index contributed by atoms with van der Waals surface area (Å²) in [6.45, 7) is 7.11. The number of hydrogen-bond acceptors (Lipinski definition) is 3. The monoisotopic (exact) mass is 278 g/mol. The zero-order chi connectivity index (χ0) is 14.0. The quantitative estimate of drug-likeness (QED) is 0.910. The van der Waals surface area contributed by atoms with Gasteiger partial charge in [0.15, 0.2) is 0 Å². The minimum absolute atomic E-state index is 0.699. The molecule has 102 valence electrons. The molecule has 2 aromatic rings. The first-order valence-corrected chi connectivity index (χ1v) is 6.91. The van der Waals surface area contributed by atoms with Gasteiger partial charge < -0.3 is 10.1 Å². The number of anilines is 1. The van der Waals surface area contributed by atoms with Crippen LogP contribution in [0, 0.1) is 6.92 Å². The maximum absolute atomic E-state index is 6.36. The highest BCUT2D eigenvalue weighted by molar-refractivity contribution is 6.36. The molecule has 0 aliphatic carbocycles. The molecule has 0 unspecified atom stereocenters. The average molecular weight is 279 g/mol. The maximum atomic E-state index is 6.36. The highest BCUT2D eigenvalue weighted by Crippen LogP contribution is 2.38. The van der Waals surface area contributed by atoms with Gasteiger partial charge in [0.2, 0.25) is 0 Å². The third kappa shape index (κ3) is 2.35. The van der Waals surface area contributed by atoms with Crippen molar-refractivity contribution in [1.29, 1.82) is 0 Å². The molecule has 0 aliphatic heterocycles. The topological polar surface area (TPSA) is 34.2 Å². The lowest BCUT2D eigenvalue weighted by Crippen LogP contribution is -2.05. The number of hydrogen-bond donors (Lipinski definition) is 1. The lowest BCUT2D eigenvalue weighted by molar-refractivity contribution is 0.419. The second-order valence-electron chi connectivity index (χ2n) is 4.42. The fourth-order valence-electron chi connectivity index (χ4n) is 2.35. The Morgan fingerprint density at radius 1 is 1.32 bits per heavy atom. The number of aryl methyl sites for hydroxylation is 1. The molecule has 1 aromatic heterocycles. The second-order valence-corrected chi connectivity index (χ2v) is 4.82. The fraction of sp³-hybridized carbons (Fsp3) is 0.400. The van der Waals surface area contributed by atoms with Gasteiger partial charge in [-0.1, -0.05) is 18.5 Å². The van der Waals surface area contributed by atoms with E-state index < -0.39 is 0 Å². The average Bonchev–Trinajstić information content (AvgIpc) is 2.42. The molecule has 0 radical (unpaired) electrons. The number of nitrogens with zero attached hydrogens (tertiary/aromatic N) is 1. The zero-order valence-corrected chi connectivity index (χ0v) is 12.6. The Balaban J connectivity index is 2.90. The van der Waals surface area contributed by atoms with Crippen molar-refractivity contribution in [2.45, 2.75) is 27.2 Å². The van der Waals surface area contributed by atoms with Crippen molar-refractivity contribution in [3.8, 4) is 5.75 Å². The summed E-state index contributed by atoms with van der Waals surface area (Å²) in [6, 6.07) is 3.72. The van der Waals surface area contributed by atoms with Gasteiger partial charge in [0, 0.05) is 23.3 Å². The van der Waals surface area contributed by atoms with E-state index in [4.69, 9.17) is 21.3 Å². The first kappa shape index (κ1) is 13.9. The maximum Gasteiger partial charge on any atom is 0.145 e. The summed E-state index contributed by atoms with van der Waals surface area (Å²) in [5.74, 6) is 0.758. The van der Waals surface area contributed by atoms with Crippen LogP contribution in [0.2, 0.25) is 5.02 Å². The molecule has 19 heavy (non-hydrogen) atoms. The molecule has 1 aromatic carbocycles. The van der Waals surface area contributed by atoms with E-state index in [1.54, 1.807) is 7.11 Å². The van der Waals surface area contributed by atoms with Crippen LogP contribution in [0.5, 0.6) is 5.75 Å². The lowest BCUT2D eigenvalue weighted by Gasteiger charge is -2.17. The first-order valence-electron chi connectivity index (χ1n) is 6.53. The Morgan fingerprint density at radius 3 is 2.63 bits per heavy atom. The molecular weight excluding hydrogens is 260 g/mol. The predicted octanol–water partition coefficient (Wildman–Crippen LogP) is 4.20. The van der Waals surface area contributed by atoms with Gasteiger partial charge in [-0.2, -0.15) is 0 Å². The van der Waals surface area contributed by atoms with Crippen molar-refractivity contribution < 1.29 is 4.74 Å². The highest BCUT2D eigenvalue weighted by Gasteiger charge is 2.16. The molecule has 0 atom stereocenters. The van der Waals surface area contributed by atoms with Crippen LogP contribution in [0.4, 0.5) is 5.69 Å². The van der Waals surface area contributed by atoms with Crippen molar-refractivity contribution in [3.63, 3.8) is 0 Å². The number of nitrogens with one attached hydrogen (secondary N) is 1. The zero-order valence-electron chi connectivity index (χ0n) is 11.8. The normalized spacial score (nSPS) is 10.8. The molecule has 0 fully saturated rings. The van der Waals surface area contributed by atoms with Gasteiger partial charge in [0.05, 0.1) is 12.1 Å². The van der Waals surface area contributed by atoms with Crippen LogP contribution in [0.15, 0.2) is 12.1 Å². The van der Waals surface area contributed by atoms with Crippen LogP contribution in [-0.2, 0) is 6.42 Å². The molecule has 0 spiro atoms. The number of ether oxygens (including phenoxy) is 1. The molecular formula is C15H19ClN2O. The van der Waals surface area contributed by atoms with Gasteiger partial charge in [-0.3, -0.25) is 0 Å². The number of benzene rings is 1. The largest absolute Gasteiger partial charge is 0.494 e. The number of pyridine rings is 1. The molecule has 2 rings (SSSR count). The first-order chi connectivity index (χ1) is 9.13. The summed E-state index contributed by atoms with van der Waals surface area (Å²) in [7, 11) is 1.66. The van der Waals surface area contributed by atoms with E-state index in [9.17, 15) is 0 Å². The third-order valence-electron chi connectivity index (χ3n) is 3.30. The fourth-order valence-corrected chi connectivity index (χ4v) is 2.60. The van der Waals surface area contributed by atoms with E-state index in [2.05, 4.69) is 26.1 Å². The number of fused-ring (bicyclic) bond motifs is 1. The summed E-state index contributed by atoms with van der Waals surface area (Å²) >= 11 is 6.36. The van der Waals surface area contributed by atoms with E-state index in [0.29, 0.717) is 5.02 Å². The summed E-state index contributed by atoms with van der Waals surface area (Å²) in [5.41, 5.74) is 4.12. The number of aromatic nitrogens is 1. The van der Waals surface area contributed by atoms with E-state index in [1.807, 2.05) is 12.1 Å². The molecule has 0 bridgehead atoms. The second kappa shape index (κ2) is 5.66. The van der Waals surface area contributed by atoms with Gasteiger partial charge >= 0.3 is 0 Å². The predicted molar refractivity (Wildman–Crippen MR) is 81.6 cm³/mol. The highest BCUT2D eigenvalue weighted by atomic mass is 35.5. The minimum atomic E-state index is 0.699. The summed E-state index contributed by atoms with van der Waals surface area (Å²) in [5, 5.41) is 5.05. The van der Waals surface area contributed by atoms with Crippen LogP contribution >= 0.6 is 11.6 Å². The van der Waals surface area contributed by atoms with E-state index >= 15 is 0 Å².